The minimum absolute atomic E-state index is 0.145. The molecule has 3 aromatic rings. The Bertz CT molecular complexity index is 874. The molecule has 0 aliphatic carbocycles. The van der Waals surface area contributed by atoms with Crippen molar-refractivity contribution in [3.63, 3.8) is 0 Å². The zero-order valence-corrected chi connectivity index (χ0v) is 13.9. The second kappa shape index (κ2) is 5.75. The van der Waals surface area contributed by atoms with Gasteiger partial charge in [0.05, 0.1) is 22.8 Å². The summed E-state index contributed by atoms with van der Waals surface area (Å²) in [6, 6.07) is 3.10. The Morgan fingerprint density at radius 2 is 2.09 bits per heavy atom. The highest BCUT2D eigenvalue weighted by atomic mass is 35.5. The van der Waals surface area contributed by atoms with E-state index in [0.717, 1.165) is 5.69 Å². The first-order valence-corrected chi connectivity index (χ1v) is 7.79. The lowest BCUT2D eigenvalue weighted by Crippen LogP contribution is -2.15. The summed E-state index contributed by atoms with van der Waals surface area (Å²) in [6.07, 6.45) is 0. The van der Waals surface area contributed by atoms with E-state index in [1.807, 2.05) is 12.3 Å². The molecule has 0 saturated carbocycles. The van der Waals surface area contributed by atoms with Gasteiger partial charge in [-0.2, -0.15) is 4.98 Å². The van der Waals surface area contributed by atoms with Gasteiger partial charge in [0, 0.05) is 5.38 Å². The van der Waals surface area contributed by atoms with E-state index in [2.05, 4.69) is 15.4 Å². The molecule has 114 valence electrons. The van der Waals surface area contributed by atoms with Crippen molar-refractivity contribution in [1.82, 2.24) is 14.6 Å². The molecule has 1 aromatic carbocycles. The molecule has 0 aliphatic heterocycles. The number of fused-ring (bicyclic) bond motifs is 1. The van der Waals surface area contributed by atoms with Crippen LogP contribution in [-0.4, -0.2) is 27.6 Å². The van der Waals surface area contributed by atoms with Crippen LogP contribution in [0, 0.1) is 6.92 Å². The summed E-state index contributed by atoms with van der Waals surface area (Å²) in [7, 11) is 1.42. The maximum absolute atomic E-state index is 12.4. The molecule has 6 nitrogen and oxygen atoms in total. The van der Waals surface area contributed by atoms with Crippen molar-refractivity contribution in [3.8, 4) is 5.75 Å². The highest BCUT2D eigenvalue weighted by molar-refractivity contribution is 7.15. The van der Waals surface area contributed by atoms with Gasteiger partial charge in [-0.3, -0.25) is 10.1 Å². The molecule has 9 heteroatoms. The summed E-state index contributed by atoms with van der Waals surface area (Å²) in [5, 5.41) is 9.28. The Morgan fingerprint density at radius 3 is 2.77 bits per heavy atom. The number of halogens is 2. The molecule has 0 radical (unpaired) electrons. The number of nitrogens with one attached hydrogen (secondary N) is 1. The average molecular weight is 357 g/mol. The number of hydrogen-bond donors (Lipinski definition) is 1. The molecule has 1 amide bonds. The van der Waals surface area contributed by atoms with Gasteiger partial charge >= 0.3 is 0 Å². The fourth-order valence-corrected chi connectivity index (χ4v) is 3.22. The lowest BCUT2D eigenvalue weighted by molar-refractivity contribution is 0.102. The number of thiazole rings is 1. The first-order valence-electron chi connectivity index (χ1n) is 6.15. The molecule has 2 heterocycles. The predicted octanol–water partition coefficient (Wildman–Crippen LogP) is 3.67. The Labute approximate surface area is 139 Å². The number of aromatic nitrogens is 3. The number of carbonyl (C=O) groups is 1. The van der Waals surface area contributed by atoms with Crippen molar-refractivity contribution >= 4 is 51.4 Å². The first kappa shape index (κ1) is 15.1. The van der Waals surface area contributed by atoms with Gasteiger partial charge in [-0.05, 0) is 19.1 Å². The van der Waals surface area contributed by atoms with E-state index >= 15 is 0 Å². The molecule has 0 saturated heterocycles. The Kier molecular flexibility index (Phi) is 3.94. The minimum atomic E-state index is -0.486. The lowest BCUT2D eigenvalue weighted by Gasteiger charge is -2.10. The first-order chi connectivity index (χ1) is 10.5. The van der Waals surface area contributed by atoms with Gasteiger partial charge < -0.3 is 4.74 Å². The number of ether oxygens (including phenoxy) is 1. The van der Waals surface area contributed by atoms with Gasteiger partial charge in [0.15, 0.2) is 5.75 Å². The zero-order chi connectivity index (χ0) is 15.9. The van der Waals surface area contributed by atoms with Crippen LogP contribution in [0.1, 0.15) is 16.1 Å². The summed E-state index contributed by atoms with van der Waals surface area (Å²) in [4.78, 5) is 17.4. The molecular weight excluding hydrogens is 347 g/mol. The number of aryl methyl sites for hydroxylation is 1. The largest absolute Gasteiger partial charge is 0.494 e. The molecule has 0 fully saturated rings. The van der Waals surface area contributed by atoms with Crippen LogP contribution in [-0.2, 0) is 0 Å². The van der Waals surface area contributed by atoms with Crippen LogP contribution in [0.15, 0.2) is 17.5 Å². The van der Waals surface area contributed by atoms with Gasteiger partial charge in [-0.25, -0.2) is 4.52 Å². The average Bonchev–Trinajstić information content (AvgIpc) is 3.03. The van der Waals surface area contributed by atoms with E-state index < -0.39 is 5.91 Å². The van der Waals surface area contributed by atoms with E-state index in [0.29, 0.717) is 9.98 Å². The highest BCUT2D eigenvalue weighted by Crippen LogP contribution is 2.34. The quantitative estimate of drug-likeness (QED) is 0.777. The Balaban J connectivity index is 1.96. The number of nitrogens with zero attached hydrogens (tertiary/aromatic N) is 3. The van der Waals surface area contributed by atoms with Crippen molar-refractivity contribution in [2.24, 2.45) is 0 Å². The molecule has 0 unspecified atom stereocenters. The van der Waals surface area contributed by atoms with Crippen LogP contribution in [0.2, 0.25) is 10.0 Å². The maximum atomic E-state index is 12.4. The lowest BCUT2D eigenvalue weighted by atomic mass is 10.2. The fraction of sp³-hybridized carbons (Fsp3) is 0.154. The van der Waals surface area contributed by atoms with Crippen molar-refractivity contribution in [2.45, 2.75) is 6.92 Å². The zero-order valence-electron chi connectivity index (χ0n) is 11.6. The van der Waals surface area contributed by atoms with E-state index in [9.17, 15) is 4.79 Å². The molecule has 0 bridgehead atoms. The molecule has 2 aromatic heterocycles. The van der Waals surface area contributed by atoms with E-state index in [-0.39, 0.29) is 22.3 Å². The third-order valence-corrected chi connectivity index (χ3v) is 4.51. The fourth-order valence-electron chi connectivity index (χ4n) is 1.95. The number of carbonyl (C=O) groups excluding carboxylic acids is 1. The number of anilines is 1. The van der Waals surface area contributed by atoms with Gasteiger partial charge in [-0.15, -0.1) is 16.4 Å². The second-order valence-corrected chi connectivity index (χ2v) is 6.05. The third kappa shape index (κ3) is 2.51. The Morgan fingerprint density at radius 1 is 1.36 bits per heavy atom. The maximum Gasteiger partial charge on any atom is 0.263 e. The molecule has 22 heavy (non-hydrogen) atoms. The number of rotatable bonds is 3. The topological polar surface area (TPSA) is 68.5 Å². The van der Waals surface area contributed by atoms with Crippen molar-refractivity contribution in [1.29, 1.82) is 0 Å². The third-order valence-electron chi connectivity index (χ3n) is 2.96. The second-order valence-electron chi connectivity index (χ2n) is 4.40. The summed E-state index contributed by atoms with van der Waals surface area (Å²) in [5.41, 5.74) is 1.08. The van der Waals surface area contributed by atoms with Gasteiger partial charge in [0.1, 0.15) is 5.56 Å². The number of benzene rings is 1. The Hall–Kier alpha value is -1.83. The van der Waals surface area contributed by atoms with Gasteiger partial charge in [0.2, 0.25) is 4.96 Å². The minimum Gasteiger partial charge on any atom is -0.494 e. The van der Waals surface area contributed by atoms with E-state index in [4.69, 9.17) is 27.9 Å². The van der Waals surface area contributed by atoms with Crippen LogP contribution >= 0.6 is 34.5 Å². The van der Waals surface area contributed by atoms with Crippen molar-refractivity contribution in [2.75, 3.05) is 12.4 Å². The molecule has 0 atom stereocenters. The van der Waals surface area contributed by atoms with Crippen LogP contribution in [0.4, 0.5) is 5.95 Å². The molecule has 0 aliphatic rings. The number of hydrogen-bond acceptors (Lipinski definition) is 5. The molecule has 0 spiro atoms. The van der Waals surface area contributed by atoms with E-state index in [1.54, 1.807) is 10.6 Å². The summed E-state index contributed by atoms with van der Waals surface area (Å²) >= 11 is 13.5. The standard InChI is InChI=1S/C13H10Cl2N4O2S/c1-6-5-22-13-17-12(18-19(6)13)16-11(20)9-7(14)3-4-8(15)10(9)21-2/h3-5H,1-2H3,(H,16,18,20). The number of amides is 1. The van der Waals surface area contributed by atoms with Gasteiger partial charge in [-0.1, -0.05) is 23.2 Å². The van der Waals surface area contributed by atoms with Crippen LogP contribution in [0.3, 0.4) is 0 Å². The molecule has 1 N–H and O–H groups in total. The normalized spacial score (nSPS) is 10.9. The summed E-state index contributed by atoms with van der Waals surface area (Å²) in [5.74, 6) is -0.0813. The molecular formula is C13H10Cl2N4O2S. The van der Waals surface area contributed by atoms with E-state index in [1.165, 1.54) is 24.5 Å². The van der Waals surface area contributed by atoms with Crippen LogP contribution < -0.4 is 10.1 Å². The predicted molar refractivity (Wildman–Crippen MR) is 86.6 cm³/mol. The van der Waals surface area contributed by atoms with Crippen LogP contribution in [0.25, 0.3) is 4.96 Å². The van der Waals surface area contributed by atoms with Crippen molar-refractivity contribution in [3.05, 3.63) is 38.8 Å². The number of methoxy groups -OCH3 is 1. The van der Waals surface area contributed by atoms with Crippen molar-refractivity contribution < 1.29 is 9.53 Å². The highest BCUT2D eigenvalue weighted by Gasteiger charge is 2.21. The smallest absolute Gasteiger partial charge is 0.263 e. The summed E-state index contributed by atoms with van der Waals surface area (Å²) < 4.78 is 6.81. The van der Waals surface area contributed by atoms with Crippen LogP contribution in [0.5, 0.6) is 5.75 Å². The summed E-state index contributed by atoms with van der Waals surface area (Å²) in [6.45, 7) is 1.90. The molecule has 3 rings (SSSR count). The monoisotopic (exact) mass is 356 g/mol. The van der Waals surface area contributed by atoms with Gasteiger partial charge in [0.25, 0.3) is 11.9 Å². The SMILES string of the molecule is COc1c(Cl)ccc(Cl)c1C(=O)Nc1nc2scc(C)n2n1.